The maximum Gasteiger partial charge on any atom is 0.192 e. The predicted molar refractivity (Wildman–Crippen MR) is 165 cm³/mol. The zero-order chi connectivity index (χ0) is 27.8. The molecule has 4 aliphatic rings. The van der Waals surface area contributed by atoms with E-state index < -0.39 is 16.6 Å². The van der Waals surface area contributed by atoms with Crippen molar-refractivity contribution >= 4 is 16.6 Å². The van der Waals surface area contributed by atoms with Crippen LogP contribution in [0.3, 0.4) is 0 Å². The van der Waals surface area contributed by atoms with Gasteiger partial charge in [-0.1, -0.05) is 90.3 Å². The Morgan fingerprint density at radius 1 is 0.865 bits per heavy atom. The molecule has 0 unspecified atom stereocenters. The van der Waals surface area contributed by atoms with Crippen molar-refractivity contribution < 1.29 is 8.85 Å². The van der Waals surface area contributed by atoms with E-state index in [1.807, 2.05) is 0 Å². The van der Waals surface area contributed by atoms with Crippen LogP contribution in [0.5, 0.6) is 0 Å². The molecule has 0 radical (unpaired) electrons. The smallest absolute Gasteiger partial charge is 0.192 e. The summed E-state index contributed by atoms with van der Waals surface area (Å²) in [5.74, 6) is 1.30. The molecule has 0 amide bonds. The van der Waals surface area contributed by atoms with Gasteiger partial charge < -0.3 is 8.85 Å². The van der Waals surface area contributed by atoms with Gasteiger partial charge in [-0.3, -0.25) is 0 Å². The summed E-state index contributed by atoms with van der Waals surface area (Å²) in [6.07, 6.45) is 15.3. The highest BCUT2D eigenvalue weighted by molar-refractivity contribution is 6.74. The second-order valence-electron chi connectivity index (χ2n) is 16.4. The van der Waals surface area contributed by atoms with Crippen LogP contribution in [0.15, 0.2) is 34.9 Å². The summed E-state index contributed by atoms with van der Waals surface area (Å²) in [7, 11) is -3.82. The highest BCUT2D eigenvalue weighted by Crippen LogP contribution is 2.65. The van der Waals surface area contributed by atoms with Crippen molar-refractivity contribution in [2.24, 2.45) is 22.7 Å². The number of allylic oxidation sites excluding steroid dienone is 5. The van der Waals surface area contributed by atoms with Crippen LogP contribution in [0.4, 0.5) is 0 Å². The summed E-state index contributed by atoms with van der Waals surface area (Å²) in [4.78, 5) is 0. The molecule has 2 nitrogen and oxygen atoms in total. The van der Waals surface area contributed by atoms with Crippen LogP contribution in [0.1, 0.15) is 101 Å². The molecule has 3 saturated carbocycles. The molecule has 0 saturated heterocycles. The van der Waals surface area contributed by atoms with E-state index >= 15 is 0 Å². The molecule has 3 fully saturated rings. The molecule has 0 N–H and O–H groups in total. The first kappa shape index (κ1) is 29.6. The van der Waals surface area contributed by atoms with Crippen LogP contribution in [-0.2, 0) is 8.85 Å². The monoisotopic (exact) mass is 542 g/mol. The molecule has 210 valence electrons. The SMILES string of the molecule is C/C=C1\CC[C@H]2C3=CC=C4C[C@@H](O[Si](C)(C)C(C)(C)C)C[C@H](O[Si](C)(C)C(C)(C)C)[C@]4(C)[C@H]3CC[C@]12C. The van der Waals surface area contributed by atoms with E-state index in [1.165, 1.54) is 25.7 Å². The van der Waals surface area contributed by atoms with E-state index in [1.54, 1.807) is 16.7 Å². The second kappa shape index (κ2) is 9.31. The van der Waals surface area contributed by atoms with Gasteiger partial charge in [0.15, 0.2) is 16.6 Å². The molecule has 4 aliphatic carbocycles. The third-order valence-corrected chi connectivity index (χ3v) is 21.3. The molecular weight excluding hydrogens is 485 g/mol. The minimum absolute atomic E-state index is 0.0763. The van der Waals surface area contributed by atoms with Crippen LogP contribution in [0.2, 0.25) is 36.3 Å². The lowest BCUT2D eigenvalue weighted by Gasteiger charge is -2.59. The molecule has 37 heavy (non-hydrogen) atoms. The first-order valence-electron chi connectivity index (χ1n) is 15.2. The summed E-state index contributed by atoms with van der Waals surface area (Å²) < 4.78 is 14.6. The van der Waals surface area contributed by atoms with Gasteiger partial charge in [-0.2, -0.15) is 0 Å². The Morgan fingerprint density at radius 2 is 1.46 bits per heavy atom. The molecule has 0 aromatic carbocycles. The van der Waals surface area contributed by atoms with Gasteiger partial charge in [-0.15, -0.1) is 0 Å². The van der Waals surface area contributed by atoms with Crippen molar-refractivity contribution in [2.45, 2.75) is 149 Å². The second-order valence-corrected chi connectivity index (χ2v) is 25.9. The Balaban J connectivity index is 1.75. The number of hydrogen-bond donors (Lipinski definition) is 0. The van der Waals surface area contributed by atoms with Gasteiger partial charge in [0.1, 0.15) is 0 Å². The Labute approximate surface area is 232 Å². The molecule has 6 atom stereocenters. The molecule has 0 aliphatic heterocycles. The van der Waals surface area contributed by atoms with Crippen molar-refractivity contribution in [3.63, 3.8) is 0 Å². The standard InChI is InChI=1S/C33H58O2Si2/c1-14-23-16-18-27-26-17-15-24-21-25(34-36(10,11)30(2,3)4)22-29(35-37(12,13)31(5,6)7)33(24,9)28(26)19-20-32(23,27)8/h14-15,17,25,27-29H,16,18-22H2,1-13H3/b23-14+/t25-,27+,28+,29+,32-,33+/m1/s1. The minimum atomic E-state index is -1.96. The normalized spacial score (nSPS) is 38.0. The summed E-state index contributed by atoms with van der Waals surface area (Å²) in [5, 5.41) is 0.420. The molecule has 0 aromatic heterocycles. The van der Waals surface area contributed by atoms with Crippen molar-refractivity contribution in [2.75, 3.05) is 0 Å². The fourth-order valence-electron chi connectivity index (χ4n) is 7.72. The summed E-state index contributed by atoms with van der Waals surface area (Å²) in [6.45, 7) is 31.4. The molecular formula is C33H58O2Si2. The molecule has 0 aromatic rings. The zero-order valence-corrected chi connectivity index (χ0v) is 28.6. The molecule has 0 heterocycles. The average Bonchev–Trinajstić information content (AvgIpc) is 3.09. The van der Waals surface area contributed by atoms with E-state index in [4.69, 9.17) is 8.85 Å². The van der Waals surface area contributed by atoms with E-state index in [-0.39, 0.29) is 27.7 Å². The first-order valence-corrected chi connectivity index (χ1v) is 21.0. The fourth-order valence-corrected chi connectivity index (χ4v) is 10.5. The minimum Gasteiger partial charge on any atom is -0.414 e. The lowest BCUT2D eigenvalue weighted by molar-refractivity contribution is -0.0381. The predicted octanol–water partition coefficient (Wildman–Crippen LogP) is 10.2. The number of hydrogen-bond acceptors (Lipinski definition) is 2. The van der Waals surface area contributed by atoms with Crippen LogP contribution >= 0.6 is 0 Å². The number of fused-ring (bicyclic) bond motifs is 5. The van der Waals surface area contributed by atoms with Crippen LogP contribution < -0.4 is 0 Å². The molecule has 0 spiro atoms. The topological polar surface area (TPSA) is 18.5 Å². The van der Waals surface area contributed by atoms with Gasteiger partial charge in [0, 0.05) is 5.41 Å². The quantitative estimate of drug-likeness (QED) is 0.260. The van der Waals surface area contributed by atoms with Crippen molar-refractivity contribution in [3.05, 3.63) is 34.9 Å². The largest absolute Gasteiger partial charge is 0.414 e. The van der Waals surface area contributed by atoms with E-state index in [0.29, 0.717) is 17.3 Å². The van der Waals surface area contributed by atoms with E-state index in [9.17, 15) is 0 Å². The summed E-state index contributed by atoms with van der Waals surface area (Å²) >= 11 is 0. The van der Waals surface area contributed by atoms with Crippen molar-refractivity contribution in [3.8, 4) is 0 Å². The van der Waals surface area contributed by atoms with Crippen LogP contribution in [0, 0.1) is 22.7 Å². The van der Waals surface area contributed by atoms with Crippen LogP contribution in [-0.4, -0.2) is 28.8 Å². The Bertz CT molecular complexity index is 989. The van der Waals surface area contributed by atoms with Crippen molar-refractivity contribution in [1.29, 1.82) is 0 Å². The number of rotatable bonds is 4. The maximum absolute atomic E-state index is 7.47. The Kier molecular flexibility index (Phi) is 7.44. The maximum atomic E-state index is 7.47. The van der Waals surface area contributed by atoms with Gasteiger partial charge in [-0.05, 0) is 99.0 Å². The average molecular weight is 543 g/mol. The Hall–Kier alpha value is -0.426. The molecule has 4 rings (SSSR count). The van der Waals surface area contributed by atoms with E-state index in [0.717, 1.165) is 12.8 Å². The lowest BCUT2D eigenvalue weighted by Crippen LogP contribution is -2.58. The fraction of sp³-hybridized carbons (Fsp3) is 0.818. The summed E-state index contributed by atoms with van der Waals surface area (Å²) in [6, 6.07) is 0. The van der Waals surface area contributed by atoms with Gasteiger partial charge in [-0.25, -0.2) is 0 Å². The molecule has 4 heteroatoms. The van der Waals surface area contributed by atoms with Crippen LogP contribution in [0.25, 0.3) is 0 Å². The van der Waals surface area contributed by atoms with Crippen molar-refractivity contribution in [1.82, 2.24) is 0 Å². The van der Waals surface area contributed by atoms with E-state index in [2.05, 4.69) is 107 Å². The van der Waals surface area contributed by atoms with Gasteiger partial charge in [0.05, 0.1) is 12.2 Å². The molecule has 0 bridgehead atoms. The van der Waals surface area contributed by atoms with Gasteiger partial charge in [0.25, 0.3) is 0 Å². The summed E-state index contributed by atoms with van der Waals surface area (Å²) in [5.41, 5.74) is 5.49. The third kappa shape index (κ3) is 4.78. The zero-order valence-electron chi connectivity index (χ0n) is 26.6. The highest BCUT2D eigenvalue weighted by atomic mass is 28.4. The van der Waals surface area contributed by atoms with Gasteiger partial charge >= 0.3 is 0 Å². The Morgan fingerprint density at radius 3 is 2.03 bits per heavy atom. The lowest BCUT2D eigenvalue weighted by atomic mass is 9.50. The highest BCUT2D eigenvalue weighted by Gasteiger charge is 2.59. The third-order valence-electron chi connectivity index (χ3n) is 12.3. The van der Waals surface area contributed by atoms with Gasteiger partial charge in [0.2, 0.25) is 0 Å². The first-order chi connectivity index (χ1) is 16.8.